The van der Waals surface area contributed by atoms with E-state index in [1.54, 1.807) is 7.05 Å². The van der Waals surface area contributed by atoms with Gasteiger partial charge in [-0.1, -0.05) is 0 Å². The number of urea groups is 1. The molecule has 2 aliphatic heterocycles. The van der Waals surface area contributed by atoms with Gasteiger partial charge in [0, 0.05) is 42.0 Å². The van der Waals surface area contributed by atoms with Gasteiger partial charge in [0.25, 0.3) is 5.56 Å². The summed E-state index contributed by atoms with van der Waals surface area (Å²) in [5.74, 6) is -2.04. The van der Waals surface area contributed by atoms with Gasteiger partial charge in [-0.05, 0) is 17.7 Å². The molecule has 2 N–H and O–H groups in total. The van der Waals surface area contributed by atoms with Gasteiger partial charge in [-0.25, -0.2) is 13.6 Å². The maximum Gasteiger partial charge on any atom is 0.322 e. The molecule has 0 fully saturated rings. The Labute approximate surface area is 159 Å². The minimum atomic E-state index is -1.05. The Morgan fingerprint density at radius 2 is 2.04 bits per heavy atom. The average Bonchev–Trinajstić information content (AvgIpc) is 2.70. The first-order valence-electron chi connectivity index (χ1n) is 8.87. The molecule has 2 aliphatic rings. The Hall–Kier alpha value is -2.78. The number of amides is 2. The third-order valence-corrected chi connectivity index (χ3v) is 5.11. The van der Waals surface area contributed by atoms with Gasteiger partial charge in [0.1, 0.15) is 0 Å². The lowest BCUT2D eigenvalue weighted by Gasteiger charge is -2.35. The highest BCUT2D eigenvalue weighted by atomic mass is 19.2. The number of aromatic nitrogens is 1. The van der Waals surface area contributed by atoms with Crippen LogP contribution in [0.2, 0.25) is 0 Å². The molecule has 3 heterocycles. The van der Waals surface area contributed by atoms with Gasteiger partial charge in [0.05, 0.1) is 32.5 Å². The number of likely N-dealkylation sites (N-methyl/N-ethyl adjacent to an activating group) is 1. The predicted octanol–water partition coefficient (Wildman–Crippen LogP) is 2.46. The first kappa shape index (κ1) is 18.6. The maximum absolute atomic E-state index is 13.4. The predicted molar refractivity (Wildman–Crippen MR) is 96.0 cm³/mol. The summed E-state index contributed by atoms with van der Waals surface area (Å²) in [4.78, 5) is 29.3. The van der Waals surface area contributed by atoms with Gasteiger partial charge in [0.15, 0.2) is 11.6 Å². The average molecular weight is 391 g/mol. The zero-order chi connectivity index (χ0) is 19.8. The molecule has 4 rings (SSSR count). The van der Waals surface area contributed by atoms with Crippen molar-refractivity contribution in [3.63, 3.8) is 0 Å². The first-order chi connectivity index (χ1) is 13.5. The van der Waals surface area contributed by atoms with E-state index in [-0.39, 0.29) is 24.5 Å². The van der Waals surface area contributed by atoms with Crippen LogP contribution in [0.15, 0.2) is 23.0 Å². The van der Waals surface area contributed by atoms with Crippen molar-refractivity contribution in [2.45, 2.75) is 25.7 Å². The van der Waals surface area contributed by atoms with Crippen LogP contribution < -0.4 is 10.9 Å². The van der Waals surface area contributed by atoms with E-state index in [4.69, 9.17) is 9.47 Å². The van der Waals surface area contributed by atoms with Crippen LogP contribution in [-0.2, 0) is 29.1 Å². The van der Waals surface area contributed by atoms with Gasteiger partial charge in [-0.15, -0.1) is 0 Å². The third kappa shape index (κ3) is 3.27. The van der Waals surface area contributed by atoms with E-state index in [9.17, 15) is 18.4 Å². The van der Waals surface area contributed by atoms with Crippen LogP contribution in [0.5, 0.6) is 0 Å². The summed E-state index contributed by atoms with van der Waals surface area (Å²) >= 11 is 0. The first-order valence-corrected chi connectivity index (χ1v) is 8.87. The molecule has 0 saturated carbocycles. The minimum absolute atomic E-state index is 0.138. The van der Waals surface area contributed by atoms with Crippen molar-refractivity contribution in [3.05, 3.63) is 62.6 Å². The highest BCUT2D eigenvalue weighted by Gasteiger charge is 2.33. The van der Waals surface area contributed by atoms with Crippen LogP contribution in [-0.4, -0.2) is 36.2 Å². The van der Waals surface area contributed by atoms with Crippen molar-refractivity contribution in [1.82, 2.24) is 9.88 Å². The Morgan fingerprint density at radius 3 is 2.82 bits per heavy atom. The zero-order valence-corrected chi connectivity index (χ0v) is 15.2. The normalized spacial score (nSPS) is 18.2. The van der Waals surface area contributed by atoms with E-state index in [1.807, 2.05) is 0 Å². The number of fused-ring (bicyclic) bond motifs is 3. The molecule has 148 valence electrons. The second kappa shape index (κ2) is 7.33. The van der Waals surface area contributed by atoms with E-state index in [1.165, 1.54) is 11.0 Å². The fraction of sp³-hybridized carbons (Fsp3) is 0.368. The molecule has 0 saturated heterocycles. The summed E-state index contributed by atoms with van der Waals surface area (Å²) in [6, 6.07) is 2.18. The van der Waals surface area contributed by atoms with Crippen molar-refractivity contribution < 1.29 is 23.0 Å². The molecule has 0 spiro atoms. The number of carbonyl (C=O) groups is 1. The molecule has 28 heavy (non-hydrogen) atoms. The van der Waals surface area contributed by atoms with Crippen LogP contribution >= 0.6 is 0 Å². The molecule has 1 atom stereocenters. The monoisotopic (exact) mass is 391 g/mol. The minimum Gasteiger partial charge on any atom is -0.376 e. The summed E-state index contributed by atoms with van der Waals surface area (Å²) in [7, 11) is 1.58. The molecule has 0 radical (unpaired) electrons. The molecule has 2 amide bonds. The summed E-state index contributed by atoms with van der Waals surface area (Å²) < 4.78 is 37.6. The Kier molecular flexibility index (Phi) is 4.86. The largest absolute Gasteiger partial charge is 0.376 e. The van der Waals surface area contributed by atoms with E-state index in [0.29, 0.717) is 30.9 Å². The highest BCUT2D eigenvalue weighted by Crippen LogP contribution is 2.33. The van der Waals surface area contributed by atoms with Crippen LogP contribution in [0, 0.1) is 11.6 Å². The Bertz CT molecular complexity index is 992. The number of benzene rings is 1. The molecule has 7 nitrogen and oxygen atoms in total. The van der Waals surface area contributed by atoms with Crippen molar-refractivity contribution in [3.8, 4) is 0 Å². The molecule has 1 aromatic carbocycles. The van der Waals surface area contributed by atoms with Crippen LogP contribution in [0.25, 0.3) is 0 Å². The number of halogens is 2. The van der Waals surface area contributed by atoms with Gasteiger partial charge in [0.2, 0.25) is 0 Å². The molecule has 0 unspecified atom stereocenters. The van der Waals surface area contributed by atoms with E-state index in [2.05, 4.69) is 10.3 Å². The van der Waals surface area contributed by atoms with Crippen molar-refractivity contribution in [2.24, 2.45) is 0 Å². The fourth-order valence-corrected chi connectivity index (χ4v) is 3.64. The number of H-pyrrole nitrogens is 1. The number of nitrogens with one attached hydrogen (secondary N) is 2. The van der Waals surface area contributed by atoms with Gasteiger partial charge in [-0.2, -0.15) is 0 Å². The van der Waals surface area contributed by atoms with E-state index in [0.717, 1.165) is 23.3 Å². The maximum atomic E-state index is 13.4. The number of pyridine rings is 1. The molecule has 2 aromatic rings. The molecule has 9 heteroatoms. The quantitative estimate of drug-likeness (QED) is 0.824. The lowest BCUT2D eigenvalue weighted by molar-refractivity contribution is 0.0475. The standard InChI is InChI=1S/C19H19F2N3O4/c1-24(19(26)22-10-2-3-13(20)14(21)6-10)16-9-28-8-15-17(16)12-7-27-5-4-11(12)18(25)23-15/h2-3,6,16H,4-5,7-9H2,1H3,(H,22,26)(H,23,25)/t16-/m1/s1. The fourth-order valence-electron chi connectivity index (χ4n) is 3.64. The zero-order valence-electron chi connectivity index (χ0n) is 15.2. The number of carbonyl (C=O) groups excluding carboxylic acids is 1. The summed E-state index contributed by atoms with van der Waals surface area (Å²) in [6.07, 6.45) is 0.510. The van der Waals surface area contributed by atoms with Crippen molar-refractivity contribution in [2.75, 3.05) is 25.6 Å². The second-order valence-electron chi connectivity index (χ2n) is 6.81. The highest BCUT2D eigenvalue weighted by molar-refractivity contribution is 5.89. The molecule has 0 aliphatic carbocycles. The summed E-state index contributed by atoms with van der Waals surface area (Å²) in [6.45, 7) is 1.26. The summed E-state index contributed by atoms with van der Waals surface area (Å²) in [5.41, 5.74) is 2.90. The smallest absolute Gasteiger partial charge is 0.322 e. The number of nitrogens with zero attached hydrogens (tertiary/aromatic N) is 1. The number of anilines is 1. The number of aromatic amines is 1. The third-order valence-electron chi connectivity index (χ3n) is 5.11. The van der Waals surface area contributed by atoms with E-state index < -0.39 is 23.7 Å². The summed E-state index contributed by atoms with van der Waals surface area (Å²) in [5, 5.41) is 2.55. The lowest BCUT2D eigenvalue weighted by Crippen LogP contribution is -2.41. The topological polar surface area (TPSA) is 83.7 Å². The number of ether oxygens (including phenoxy) is 2. The lowest BCUT2D eigenvalue weighted by atomic mass is 9.91. The Morgan fingerprint density at radius 1 is 1.21 bits per heavy atom. The van der Waals surface area contributed by atoms with Gasteiger partial charge < -0.3 is 24.7 Å². The number of hydrogen-bond acceptors (Lipinski definition) is 4. The van der Waals surface area contributed by atoms with Crippen molar-refractivity contribution in [1.29, 1.82) is 0 Å². The second-order valence-corrected chi connectivity index (χ2v) is 6.81. The van der Waals surface area contributed by atoms with Crippen molar-refractivity contribution >= 4 is 11.7 Å². The molecular weight excluding hydrogens is 372 g/mol. The van der Waals surface area contributed by atoms with Crippen LogP contribution in [0.1, 0.15) is 28.4 Å². The van der Waals surface area contributed by atoms with Crippen LogP contribution in [0.3, 0.4) is 0 Å². The van der Waals surface area contributed by atoms with Gasteiger partial charge >= 0.3 is 6.03 Å². The SMILES string of the molecule is CN(C(=O)Nc1ccc(F)c(F)c1)[C@@H]1COCc2[nH]c(=O)c3c(c21)COCC3. The van der Waals surface area contributed by atoms with Crippen LogP contribution in [0.4, 0.5) is 19.3 Å². The van der Waals surface area contributed by atoms with E-state index >= 15 is 0 Å². The van der Waals surface area contributed by atoms with Gasteiger partial charge in [-0.3, -0.25) is 4.79 Å². The molecule has 1 aromatic heterocycles. The Balaban J connectivity index is 1.64. The number of rotatable bonds is 2. The number of hydrogen-bond donors (Lipinski definition) is 2. The molecule has 0 bridgehead atoms. The molecular formula is C19H19F2N3O4.